The smallest absolute Gasteiger partial charge is 0.487 e. The number of rotatable bonds is 6. The van der Waals surface area contributed by atoms with Crippen molar-refractivity contribution in [2.75, 3.05) is 5.73 Å². The van der Waals surface area contributed by atoms with Crippen molar-refractivity contribution in [2.45, 2.75) is 19.4 Å². The Balaban J connectivity index is 0.000000479. The average Bonchev–Trinajstić information content (AvgIpc) is 2.77. The van der Waals surface area contributed by atoms with E-state index in [0.29, 0.717) is 12.4 Å². The van der Waals surface area contributed by atoms with Crippen LogP contribution in [0.15, 0.2) is 54.7 Å². The van der Waals surface area contributed by atoms with E-state index in [-0.39, 0.29) is 28.8 Å². The Morgan fingerprint density at radius 1 is 1.03 bits per heavy atom. The first-order valence-corrected chi connectivity index (χ1v) is 9.34. The van der Waals surface area contributed by atoms with Gasteiger partial charge in [0.25, 0.3) is 0 Å². The maximum absolute atomic E-state index is 13.8. The highest BCUT2D eigenvalue weighted by molar-refractivity contribution is 6.31. The number of nitrogen functional groups attached to an aromatic ring is 1. The monoisotopic (exact) mass is 490 g/mol. The second kappa shape index (κ2) is 11.3. The standard InChI is InChI=1S/C19H15ClF2N2O2.C2HF3O2/c20-18-14(15(21)6-7-16(18)22)11-26-17-8-13(9-24-19(17)23)25-10-12-4-2-1-3-5-12;3-2(4,5)1(6)7/h1-9H,10-11H2,(H2,23,24);(H,6,7). The molecule has 2 aromatic carbocycles. The molecule has 3 rings (SSSR count). The summed E-state index contributed by atoms with van der Waals surface area (Å²) in [5, 5.41) is 6.80. The predicted octanol–water partition coefficient (Wildman–Crippen LogP) is 5.39. The fraction of sp³-hybridized carbons (Fsp3) is 0.143. The Morgan fingerprint density at radius 2 is 1.64 bits per heavy atom. The van der Waals surface area contributed by atoms with Gasteiger partial charge >= 0.3 is 12.1 Å². The van der Waals surface area contributed by atoms with Crippen molar-refractivity contribution < 1.29 is 41.3 Å². The molecule has 0 spiro atoms. The Labute approximate surface area is 189 Å². The maximum Gasteiger partial charge on any atom is 0.490 e. The molecule has 33 heavy (non-hydrogen) atoms. The Kier molecular flexibility index (Phi) is 8.80. The number of aliphatic carboxylic acids is 1. The summed E-state index contributed by atoms with van der Waals surface area (Å²) in [6, 6.07) is 13.1. The fourth-order valence-corrected chi connectivity index (χ4v) is 2.43. The third kappa shape index (κ3) is 7.79. The van der Waals surface area contributed by atoms with Crippen LogP contribution < -0.4 is 15.2 Å². The number of nitrogens with zero attached hydrogens (tertiary/aromatic N) is 1. The van der Waals surface area contributed by atoms with Crippen molar-refractivity contribution in [1.82, 2.24) is 4.98 Å². The highest BCUT2D eigenvalue weighted by Gasteiger charge is 2.38. The van der Waals surface area contributed by atoms with Crippen LogP contribution in [0.5, 0.6) is 11.5 Å². The molecule has 0 radical (unpaired) electrons. The van der Waals surface area contributed by atoms with E-state index in [4.69, 9.17) is 36.7 Å². The molecule has 12 heteroatoms. The molecular formula is C21H16ClF5N2O4. The number of hydrogen-bond acceptors (Lipinski definition) is 5. The van der Waals surface area contributed by atoms with Crippen molar-refractivity contribution >= 4 is 23.4 Å². The molecule has 0 unspecified atom stereocenters. The van der Waals surface area contributed by atoms with Crippen LogP contribution in [0.3, 0.4) is 0 Å². The van der Waals surface area contributed by atoms with E-state index < -0.39 is 23.8 Å². The quantitative estimate of drug-likeness (QED) is 0.355. The zero-order valence-electron chi connectivity index (χ0n) is 16.6. The molecular weight excluding hydrogens is 475 g/mol. The van der Waals surface area contributed by atoms with E-state index in [2.05, 4.69) is 4.98 Å². The summed E-state index contributed by atoms with van der Waals surface area (Å²) in [5.41, 5.74) is 6.67. The van der Waals surface area contributed by atoms with Crippen molar-refractivity contribution in [3.63, 3.8) is 0 Å². The Bertz CT molecular complexity index is 1100. The van der Waals surface area contributed by atoms with Gasteiger partial charge in [-0.2, -0.15) is 13.2 Å². The van der Waals surface area contributed by atoms with Gasteiger partial charge in [0, 0.05) is 11.6 Å². The first-order valence-electron chi connectivity index (χ1n) is 8.96. The molecule has 0 atom stereocenters. The van der Waals surface area contributed by atoms with Gasteiger partial charge in [0.1, 0.15) is 30.6 Å². The van der Waals surface area contributed by atoms with E-state index in [1.165, 1.54) is 12.3 Å². The third-order valence-electron chi connectivity index (χ3n) is 3.86. The normalized spacial score (nSPS) is 10.7. The lowest BCUT2D eigenvalue weighted by molar-refractivity contribution is -0.192. The minimum atomic E-state index is -5.08. The number of carboxylic acid groups (broad SMARTS) is 1. The van der Waals surface area contributed by atoms with Crippen LogP contribution in [0.4, 0.5) is 27.8 Å². The molecule has 0 saturated carbocycles. The summed E-state index contributed by atoms with van der Waals surface area (Å²) in [6.07, 6.45) is -3.62. The van der Waals surface area contributed by atoms with Crippen LogP contribution in [0.25, 0.3) is 0 Å². The molecule has 176 valence electrons. The van der Waals surface area contributed by atoms with Crippen LogP contribution in [0.2, 0.25) is 5.02 Å². The lowest BCUT2D eigenvalue weighted by Crippen LogP contribution is -2.21. The van der Waals surface area contributed by atoms with E-state index in [1.54, 1.807) is 0 Å². The molecule has 0 aliphatic heterocycles. The number of halogens is 6. The first kappa shape index (κ1) is 25.7. The van der Waals surface area contributed by atoms with Gasteiger partial charge < -0.3 is 20.3 Å². The van der Waals surface area contributed by atoms with Gasteiger partial charge in [-0.3, -0.25) is 0 Å². The highest BCUT2D eigenvalue weighted by atomic mass is 35.5. The predicted molar refractivity (Wildman–Crippen MR) is 109 cm³/mol. The average molecular weight is 491 g/mol. The second-order valence-electron chi connectivity index (χ2n) is 6.24. The number of anilines is 1. The SMILES string of the molecule is Nc1ncc(OCc2ccccc2)cc1OCc1c(F)ccc(F)c1Cl.O=C(O)C(F)(F)F. The molecule has 1 heterocycles. The van der Waals surface area contributed by atoms with Crippen LogP contribution in [0.1, 0.15) is 11.1 Å². The molecule has 0 fully saturated rings. The summed E-state index contributed by atoms with van der Waals surface area (Å²) < 4.78 is 70.2. The number of hydrogen-bond donors (Lipinski definition) is 2. The summed E-state index contributed by atoms with van der Waals surface area (Å²) in [7, 11) is 0. The number of carboxylic acids is 1. The molecule has 3 N–H and O–H groups in total. The molecule has 0 aliphatic rings. The summed E-state index contributed by atoms with van der Waals surface area (Å²) in [6.45, 7) is 0.0483. The van der Waals surface area contributed by atoms with Gasteiger partial charge in [0.2, 0.25) is 0 Å². The van der Waals surface area contributed by atoms with Gasteiger partial charge in [0.15, 0.2) is 11.6 Å². The number of alkyl halides is 3. The zero-order chi connectivity index (χ0) is 24.6. The molecule has 3 aromatic rings. The third-order valence-corrected chi connectivity index (χ3v) is 4.27. The van der Waals surface area contributed by atoms with E-state index in [1.807, 2.05) is 30.3 Å². The van der Waals surface area contributed by atoms with Crippen molar-refractivity contribution in [3.05, 3.63) is 82.5 Å². The van der Waals surface area contributed by atoms with Crippen LogP contribution in [-0.4, -0.2) is 22.2 Å². The van der Waals surface area contributed by atoms with Gasteiger partial charge in [-0.15, -0.1) is 0 Å². The summed E-state index contributed by atoms with van der Waals surface area (Å²) in [5.74, 6) is -3.42. The van der Waals surface area contributed by atoms with Crippen molar-refractivity contribution in [1.29, 1.82) is 0 Å². The number of nitrogens with two attached hydrogens (primary N) is 1. The van der Waals surface area contributed by atoms with Gasteiger partial charge in [0.05, 0.1) is 11.2 Å². The van der Waals surface area contributed by atoms with E-state index >= 15 is 0 Å². The largest absolute Gasteiger partial charge is 0.490 e. The lowest BCUT2D eigenvalue weighted by atomic mass is 10.2. The molecule has 6 nitrogen and oxygen atoms in total. The van der Waals surface area contributed by atoms with Gasteiger partial charge in [-0.05, 0) is 17.7 Å². The number of aromatic nitrogens is 1. The van der Waals surface area contributed by atoms with Gasteiger partial charge in [-0.25, -0.2) is 18.6 Å². The molecule has 0 aliphatic carbocycles. The molecule has 0 saturated heterocycles. The van der Waals surface area contributed by atoms with Gasteiger partial charge in [-0.1, -0.05) is 41.9 Å². The summed E-state index contributed by atoms with van der Waals surface area (Å²) in [4.78, 5) is 12.9. The summed E-state index contributed by atoms with van der Waals surface area (Å²) >= 11 is 5.79. The minimum Gasteiger partial charge on any atom is -0.487 e. The number of ether oxygens (including phenoxy) is 2. The van der Waals surface area contributed by atoms with E-state index in [0.717, 1.165) is 17.7 Å². The Morgan fingerprint density at radius 3 is 2.24 bits per heavy atom. The van der Waals surface area contributed by atoms with Crippen molar-refractivity contribution in [3.8, 4) is 11.5 Å². The fourth-order valence-electron chi connectivity index (χ4n) is 2.22. The maximum atomic E-state index is 13.8. The molecule has 1 aromatic heterocycles. The van der Waals surface area contributed by atoms with Crippen LogP contribution in [0, 0.1) is 11.6 Å². The lowest BCUT2D eigenvalue weighted by Gasteiger charge is -2.12. The number of benzene rings is 2. The first-order chi connectivity index (χ1) is 15.5. The van der Waals surface area contributed by atoms with Crippen LogP contribution >= 0.6 is 11.6 Å². The Hall–Kier alpha value is -3.60. The molecule has 0 amide bonds. The van der Waals surface area contributed by atoms with Crippen LogP contribution in [-0.2, 0) is 18.0 Å². The minimum absolute atomic E-state index is 0.0957. The van der Waals surface area contributed by atoms with E-state index in [9.17, 15) is 22.0 Å². The topological polar surface area (TPSA) is 94.7 Å². The number of pyridine rings is 1. The molecule has 0 bridgehead atoms. The highest BCUT2D eigenvalue weighted by Crippen LogP contribution is 2.28. The number of carbonyl (C=O) groups is 1. The second-order valence-corrected chi connectivity index (χ2v) is 6.62. The zero-order valence-corrected chi connectivity index (χ0v) is 17.3. The van der Waals surface area contributed by atoms with Crippen molar-refractivity contribution in [2.24, 2.45) is 0 Å².